The highest BCUT2D eigenvalue weighted by atomic mass is 79.9. The first-order valence-corrected chi connectivity index (χ1v) is 5.79. The second-order valence-electron chi connectivity index (χ2n) is 3.91. The number of aryl methyl sites for hydroxylation is 2. The maximum Gasteiger partial charge on any atom is 0.0521 e. The van der Waals surface area contributed by atoms with E-state index in [1.54, 1.807) is 0 Å². The van der Waals surface area contributed by atoms with Crippen molar-refractivity contribution in [3.05, 3.63) is 18.0 Å². The van der Waals surface area contributed by atoms with Crippen LogP contribution in [0.25, 0.3) is 0 Å². The molecule has 2 rings (SSSR count). The summed E-state index contributed by atoms with van der Waals surface area (Å²) in [6.07, 6.45) is 9.31. The van der Waals surface area contributed by atoms with Crippen LogP contribution in [0.2, 0.25) is 0 Å². The van der Waals surface area contributed by atoms with Gasteiger partial charge in [-0.1, -0.05) is 15.9 Å². The standard InChI is InChI=1S/C10H15BrN2/c1-13-7-8(6-12-13)2-5-10(11)9-3-4-9/h6-7,9-10H,2-5H2,1H3. The first-order valence-electron chi connectivity index (χ1n) is 4.87. The lowest BCUT2D eigenvalue weighted by Gasteiger charge is -2.05. The summed E-state index contributed by atoms with van der Waals surface area (Å²) >= 11 is 3.74. The van der Waals surface area contributed by atoms with Gasteiger partial charge in [0, 0.05) is 18.1 Å². The van der Waals surface area contributed by atoms with Gasteiger partial charge in [-0.05, 0) is 37.2 Å². The highest BCUT2D eigenvalue weighted by Gasteiger charge is 2.28. The van der Waals surface area contributed by atoms with E-state index < -0.39 is 0 Å². The Hall–Kier alpha value is -0.310. The lowest BCUT2D eigenvalue weighted by Crippen LogP contribution is -2.01. The third-order valence-corrected chi connectivity index (χ3v) is 3.81. The maximum absolute atomic E-state index is 4.16. The molecule has 1 saturated carbocycles. The largest absolute Gasteiger partial charge is 0.276 e. The van der Waals surface area contributed by atoms with E-state index in [1.165, 1.54) is 24.8 Å². The average molecular weight is 243 g/mol. The molecule has 1 aromatic heterocycles. The van der Waals surface area contributed by atoms with Gasteiger partial charge in [0.1, 0.15) is 0 Å². The number of alkyl halides is 1. The second-order valence-corrected chi connectivity index (χ2v) is 5.09. The van der Waals surface area contributed by atoms with Crippen molar-refractivity contribution in [2.75, 3.05) is 0 Å². The van der Waals surface area contributed by atoms with Crippen LogP contribution < -0.4 is 0 Å². The Morgan fingerprint density at radius 2 is 2.46 bits per heavy atom. The number of nitrogens with zero attached hydrogens (tertiary/aromatic N) is 2. The molecule has 0 aliphatic heterocycles. The smallest absolute Gasteiger partial charge is 0.0521 e. The Morgan fingerprint density at radius 1 is 1.69 bits per heavy atom. The zero-order valence-electron chi connectivity index (χ0n) is 7.91. The van der Waals surface area contributed by atoms with Gasteiger partial charge in [0.05, 0.1) is 6.20 Å². The molecule has 0 radical (unpaired) electrons. The van der Waals surface area contributed by atoms with Crippen LogP contribution in [0.15, 0.2) is 12.4 Å². The van der Waals surface area contributed by atoms with E-state index in [-0.39, 0.29) is 0 Å². The van der Waals surface area contributed by atoms with E-state index in [4.69, 9.17) is 0 Å². The Kier molecular flexibility index (Phi) is 2.72. The molecule has 1 aliphatic carbocycles. The summed E-state index contributed by atoms with van der Waals surface area (Å²) in [5.41, 5.74) is 1.35. The SMILES string of the molecule is Cn1cc(CCC(Br)C2CC2)cn1. The quantitative estimate of drug-likeness (QED) is 0.743. The molecule has 0 bridgehead atoms. The summed E-state index contributed by atoms with van der Waals surface area (Å²) in [6.45, 7) is 0. The summed E-state index contributed by atoms with van der Waals surface area (Å²) < 4.78 is 1.87. The van der Waals surface area contributed by atoms with Crippen molar-refractivity contribution in [3.63, 3.8) is 0 Å². The highest BCUT2D eigenvalue weighted by molar-refractivity contribution is 9.09. The molecule has 1 atom stereocenters. The predicted molar refractivity (Wildman–Crippen MR) is 57.0 cm³/mol. The minimum absolute atomic E-state index is 0.729. The Labute approximate surface area is 87.5 Å². The molecule has 1 aromatic rings. The van der Waals surface area contributed by atoms with Crippen molar-refractivity contribution >= 4 is 15.9 Å². The molecule has 0 N–H and O–H groups in total. The van der Waals surface area contributed by atoms with Crippen LogP contribution in [0, 0.1) is 5.92 Å². The third-order valence-electron chi connectivity index (χ3n) is 2.60. The van der Waals surface area contributed by atoms with E-state index in [0.29, 0.717) is 0 Å². The van der Waals surface area contributed by atoms with E-state index in [2.05, 4.69) is 27.2 Å². The van der Waals surface area contributed by atoms with Gasteiger partial charge in [-0.3, -0.25) is 4.68 Å². The molecule has 0 amide bonds. The lowest BCUT2D eigenvalue weighted by atomic mass is 10.1. The molecule has 1 aliphatic rings. The Morgan fingerprint density at radius 3 is 3.00 bits per heavy atom. The van der Waals surface area contributed by atoms with Crippen LogP contribution in [-0.2, 0) is 13.5 Å². The van der Waals surface area contributed by atoms with Crippen LogP contribution in [-0.4, -0.2) is 14.6 Å². The summed E-state index contributed by atoms with van der Waals surface area (Å²) in [7, 11) is 1.97. The molecule has 1 fully saturated rings. The van der Waals surface area contributed by atoms with Crippen molar-refractivity contribution in [1.29, 1.82) is 0 Å². The highest BCUT2D eigenvalue weighted by Crippen LogP contribution is 2.38. The lowest BCUT2D eigenvalue weighted by molar-refractivity contribution is 0.695. The van der Waals surface area contributed by atoms with Crippen LogP contribution in [0.3, 0.4) is 0 Å². The molecule has 1 heterocycles. The topological polar surface area (TPSA) is 17.8 Å². The van der Waals surface area contributed by atoms with Crippen LogP contribution in [0.1, 0.15) is 24.8 Å². The van der Waals surface area contributed by atoms with Gasteiger partial charge in [-0.15, -0.1) is 0 Å². The van der Waals surface area contributed by atoms with Crippen molar-refractivity contribution in [3.8, 4) is 0 Å². The molecule has 13 heavy (non-hydrogen) atoms. The number of hydrogen-bond donors (Lipinski definition) is 0. The molecule has 0 aromatic carbocycles. The van der Waals surface area contributed by atoms with Crippen molar-refractivity contribution in [2.24, 2.45) is 13.0 Å². The Bertz CT molecular complexity index is 278. The Balaban J connectivity index is 1.78. The first-order chi connectivity index (χ1) is 6.25. The molecule has 1 unspecified atom stereocenters. The zero-order chi connectivity index (χ0) is 9.26. The van der Waals surface area contributed by atoms with E-state index >= 15 is 0 Å². The van der Waals surface area contributed by atoms with Crippen molar-refractivity contribution < 1.29 is 0 Å². The number of hydrogen-bond acceptors (Lipinski definition) is 1. The average Bonchev–Trinajstić information content (AvgIpc) is 2.87. The molecule has 3 heteroatoms. The van der Waals surface area contributed by atoms with Crippen LogP contribution in [0.5, 0.6) is 0 Å². The fourth-order valence-electron chi connectivity index (χ4n) is 1.60. The molecule has 72 valence electrons. The van der Waals surface area contributed by atoms with Gasteiger partial charge in [-0.2, -0.15) is 5.10 Å². The van der Waals surface area contributed by atoms with Crippen molar-refractivity contribution in [1.82, 2.24) is 9.78 Å². The summed E-state index contributed by atoms with van der Waals surface area (Å²) in [5.74, 6) is 0.955. The minimum atomic E-state index is 0.729. The summed E-state index contributed by atoms with van der Waals surface area (Å²) in [5, 5.41) is 4.16. The molecule has 0 spiro atoms. The minimum Gasteiger partial charge on any atom is -0.276 e. The molecular weight excluding hydrogens is 228 g/mol. The van der Waals surface area contributed by atoms with E-state index in [9.17, 15) is 0 Å². The van der Waals surface area contributed by atoms with Crippen molar-refractivity contribution in [2.45, 2.75) is 30.5 Å². The normalized spacial score (nSPS) is 18.9. The second kappa shape index (κ2) is 3.82. The number of halogens is 1. The number of aromatic nitrogens is 2. The monoisotopic (exact) mass is 242 g/mol. The van der Waals surface area contributed by atoms with E-state index in [1.807, 2.05) is 17.9 Å². The van der Waals surface area contributed by atoms with Crippen LogP contribution >= 0.6 is 15.9 Å². The molecule has 0 saturated heterocycles. The fourth-order valence-corrected chi connectivity index (χ4v) is 2.36. The van der Waals surface area contributed by atoms with Gasteiger partial charge in [0.25, 0.3) is 0 Å². The third kappa shape index (κ3) is 2.56. The van der Waals surface area contributed by atoms with Gasteiger partial charge < -0.3 is 0 Å². The maximum atomic E-state index is 4.16. The predicted octanol–water partition coefficient (Wildman–Crippen LogP) is 2.53. The first kappa shape index (κ1) is 9.25. The van der Waals surface area contributed by atoms with Gasteiger partial charge in [0.15, 0.2) is 0 Å². The molecular formula is C10H15BrN2. The van der Waals surface area contributed by atoms with Gasteiger partial charge >= 0.3 is 0 Å². The van der Waals surface area contributed by atoms with Gasteiger partial charge in [-0.25, -0.2) is 0 Å². The fraction of sp³-hybridized carbons (Fsp3) is 0.700. The van der Waals surface area contributed by atoms with Gasteiger partial charge in [0.2, 0.25) is 0 Å². The number of rotatable bonds is 4. The summed E-state index contributed by atoms with van der Waals surface area (Å²) in [4.78, 5) is 0.729. The molecule has 2 nitrogen and oxygen atoms in total. The van der Waals surface area contributed by atoms with Crippen LogP contribution in [0.4, 0.5) is 0 Å². The zero-order valence-corrected chi connectivity index (χ0v) is 9.50. The summed E-state index contributed by atoms with van der Waals surface area (Å²) in [6, 6.07) is 0. The van der Waals surface area contributed by atoms with E-state index in [0.717, 1.165) is 17.2 Å².